The zero-order valence-corrected chi connectivity index (χ0v) is 12.3. The van der Waals surface area contributed by atoms with Crippen LogP contribution in [0.5, 0.6) is 0 Å². The van der Waals surface area contributed by atoms with Crippen molar-refractivity contribution in [2.24, 2.45) is 0 Å². The van der Waals surface area contributed by atoms with Gasteiger partial charge in [0.25, 0.3) is 0 Å². The van der Waals surface area contributed by atoms with Crippen LogP contribution in [-0.4, -0.2) is 15.0 Å². The molecule has 0 aliphatic carbocycles. The Morgan fingerprint density at radius 1 is 0.909 bits per heavy atom. The van der Waals surface area contributed by atoms with E-state index in [4.69, 9.17) is 0 Å². The molecule has 110 valence electrons. The molecule has 2 heterocycles. The molecule has 0 amide bonds. The van der Waals surface area contributed by atoms with Crippen molar-refractivity contribution < 1.29 is 0 Å². The van der Waals surface area contributed by atoms with E-state index in [1.165, 1.54) is 5.56 Å². The number of nitrogens with one attached hydrogen (secondary N) is 2. The lowest BCUT2D eigenvalue weighted by Gasteiger charge is -2.09. The van der Waals surface area contributed by atoms with E-state index in [-0.39, 0.29) is 0 Å². The van der Waals surface area contributed by atoms with E-state index in [0.29, 0.717) is 5.95 Å². The van der Waals surface area contributed by atoms with E-state index >= 15 is 0 Å². The third-order valence-electron chi connectivity index (χ3n) is 3.08. The Labute approximate surface area is 129 Å². The molecule has 0 bridgehead atoms. The van der Waals surface area contributed by atoms with Gasteiger partial charge in [-0.2, -0.15) is 4.98 Å². The molecule has 0 atom stereocenters. The van der Waals surface area contributed by atoms with Crippen LogP contribution in [0.15, 0.2) is 60.8 Å². The third kappa shape index (κ3) is 3.79. The van der Waals surface area contributed by atoms with Gasteiger partial charge in [-0.1, -0.05) is 36.4 Å². The van der Waals surface area contributed by atoms with E-state index in [2.05, 4.69) is 37.7 Å². The maximum absolute atomic E-state index is 4.47. The molecule has 5 heteroatoms. The molecule has 0 saturated heterocycles. The van der Waals surface area contributed by atoms with Crippen molar-refractivity contribution in [3.05, 3.63) is 72.1 Å². The van der Waals surface area contributed by atoms with Crippen molar-refractivity contribution in [2.45, 2.75) is 13.5 Å². The van der Waals surface area contributed by atoms with Crippen LogP contribution in [0.3, 0.4) is 0 Å². The van der Waals surface area contributed by atoms with E-state index in [9.17, 15) is 0 Å². The van der Waals surface area contributed by atoms with Crippen LogP contribution >= 0.6 is 0 Å². The van der Waals surface area contributed by atoms with Gasteiger partial charge in [-0.25, -0.2) is 9.97 Å². The Hall–Kier alpha value is -2.95. The van der Waals surface area contributed by atoms with Gasteiger partial charge < -0.3 is 10.6 Å². The minimum absolute atomic E-state index is 0.536. The molecule has 0 saturated carbocycles. The maximum Gasteiger partial charge on any atom is 0.230 e. The van der Waals surface area contributed by atoms with Crippen molar-refractivity contribution in [3.63, 3.8) is 0 Å². The fourth-order valence-corrected chi connectivity index (χ4v) is 2.05. The molecule has 1 aromatic carbocycles. The summed E-state index contributed by atoms with van der Waals surface area (Å²) < 4.78 is 0. The third-order valence-corrected chi connectivity index (χ3v) is 3.08. The first-order valence-electron chi connectivity index (χ1n) is 7.11. The second-order valence-electron chi connectivity index (χ2n) is 4.90. The van der Waals surface area contributed by atoms with Gasteiger partial charge in [0, 0.05) is 24.5 Å². The number of benzene rings is 1. The molecular formula is C17H17N5. The highest BCUT2D eigenvalue weighted by molar-refractivity contribution is 5.51. The molecule has 0 aliphatic heterocycles. The van der Waals surface area contributed by atoms with Crippen LogP contribution in [-0.2, 0) is 6.54 Å². The van der Waals surface area contributed by atoms with Crippen LogP contribution in [0.1, 0.15) is 11.3 Å². The fraction of sp³-hybridized carbons (Fsp3) is 0.118. The summed E-state index contributed by atoms with van der Waals surface area (Å²) in [6.07, 6.45) is 1.73. The standard InChI is InChI=1S/C17H17N5/c1-13-11-16(19-12-14-7-3-2-4-8-14)22-17(20-13)21-15-9-5-6-10-18-15/h2-11H,12H2,1H3,(H2,18,19,20,21,22). The molecule has 0 radical (unpaired) electrons. The van der Waals surface area contributed by atoms with Gasteiger partial charge in [0.15, 0.2) is 0 Å². The Kier molecular flexibility index (Phi) is 4.25. The topological polar surface area (TPSA) is 62.7 Å². The number of nitrogens with zero attached hydrogens (tertiary/aromatic N) is 3. The molecule has 22 heavy (non-hydrogen) atoms. The van der Waals surface area contributed by atoms with Crippen LogP contribution < -0.4 is 10.6 Å². The van der Waals surface area contributed by atoms with Crippen molar-refractivity contribution in [1.29, 1.82) is 0 Å². The van der Waals surface area contributed by atoms with Crippen molar-refractivity contribution in [3.8, 4) is 0 Å². The Morgan fingerprint density at radius 2 is 1.73 bits per heavy atom. The molecule has 5 nitrogen and oxygen atoms in total. The van der Waals surface area contributed by atoms with E-state index in [0.717, 1.165) is 23.9 Å². The molecular weight excluding hydrogens is 274 g/mol. The summed E-state index contributed by atoms with van der Waals surface area (Å²) in [5.74, 6) is 2.05. The first kappa shape index (κ1) is 14.0. The highest BCUT2D eigenvalue weighted by Gasteiger charge is 2.03. The van der Waals surface area contributed by atoms with Crippen molar-refractivity contribution >= 4 is 17.6 Å². The average molecular weight is 291 g/mol. The van der Waals surface area contributed by atoms with Gasteiger partial charge in [-0.15, -0.1) is 0 Å². The quantitative estimate of drug-likeness (QED) is 0.753. The number of rotatable bonds is 5. The number of pyridine rings is 1. The summed E-state index contributed by atoms with van der Waals surface area (Å²) in [4.78, 5) is 13.1. The Morgan fingerprint density at radius 3 is 2.50 bits per heavy atom. The molecule has 3 rings (SSSR count). The number of hydrogen-bond donors (Lipinski definition) is 2. The predicted octanol–water partition coefficient (Wildman–Crippen LogP) is 3.54. The first-order valence-corrected chi connectivity index (χ1v) is 7.11. The van der Waals surface area contributed by atoms with Gasteiger partial charge in [0.1, 0.15) is 11.6 Å². The number of anilines is 3. The van der Waals surface area contributed by atoms with Crippen LogP contribution in [0.2, 0.25) is 0 Å². The second kappa shape index (κ2) is 6.67. The lowest BCUT2D eigenvalue weighted by atomic mass is 10.2. The zero-order valence-electron chi connectivity index (χ0n) is 12.3. The monoisotopic (exact) mass is 291 g/mol. The van der Waals surface area contributed by atoms with Crippen LogP contribution in [0.25, 0.3) is 0 Å². The van der Waals surface area contributed by atoms with Gasteiger partial charge in [-0.3, -0.25) is 0 Å². The number of aryl methyl sites for hydroxylation is 1. The van der Waals surface area contributed by atoms with Crippen molar-refractivity contribution in [2.75, 3.05) is 10.6 Å². The Bertz CT molecular complexity index is 729. The molecule has 0 fully saturated rings. The minimum atomic E-state index is 0.536. The summed E-state index contributed by atoms with van der Waals surface area (Å²) >= 11 is 0. The highest BCUT2D eigenvalue weighted by atomic mass is 15.2. The Balaban J connectivity index is 1.72. The first-order chi connectivity index (χ1) is 10.8. The van der Waals surface area contributed by atoms with E-state index in [1.54, 1.807) is 6.20 Å². The summed E-state index contributed by atoms with van der Waals surface area (Å²) in [7, 11) is 0. The fourth-order valence-electron chi connectivity index (χ4n) is 2.05. The highest BCUT2D eigenvalue weighted by Crippen LogP contribution is 2.14. The predicted molar refractivity (Wildman–Crippen MR) is 88.1 cm³/mol. The molecule has 2 N–H and O–H groups in total. The van der Waals surface area contributed by atoms with E-state index < -0.39 is 0 Å². The van der Waals surface area contributed by atoms with Gasteiger partial charge in [0.05, 0.1) is 0 Å². The largest absolute Gasteiger partial charge is 0.366 e. The summed E-state index contributed by atoms with van der Waals surface area (Å²) in [5, 5.41) is 6.43. The second-order valence-corrected chi connectivity index (χ2v) is 4.90. The molecule has 2 aromatic heterocycles. The molecule has 3 aromatic rings. The molecule has 0 spiro atoms. The van der Waals surface area contributed by atoms with Crippen LogP contribution in [0.4, 0.5) is 17.6 Å². The lowest BCUT2D eigenvalue weighted by Crippen LogP contribution is -2.06. The summed E-state index contributed by atoms with van der Waals surface area (Å²) in [5.41, 5.74) is 2.10. The smallest absolute Gasteiger partial charge is 0.230 e. The molecule has 0 unspecified atom stereocenters. The normalized spacial score (nSPS) is 10.2. The SMILES string of the molecule is Cc1cc(NCc2ccccc2)nc(Nc2ccccn2)n1. The van der Waals surface area contributed by atoms with Crippen LogP contribution in [0, 0.1) is 6.92 Å². The average Bonchev–Trinajstić information content (AvgIpc) is 2.54. The van der Waals surface area contributed by atoms with Crippen molar-refractivity contribution in [1.82, 2.24) is 15.0 Å². The van der Waals surface area contributed by atoms with E-state index in [1.807, 2.05) is 49.4 Å². The number of hydrogen-bond acceptors (Lipinski definition) is 5. The van der Waals surface area contributed by atoms with Gasteiger partial charge in [0.2, 0.25) is 5.95 Å². The minimum Gasteiger partial charge on any atom is -0.366 e. The summed E-state index contributed by atoms with van der Waals surface area (Å²) in [6.45, 7) is 2.67. The summed E-state index contributed by atoms with van der Waals surface area (Å²) in [6, 6.07) is 17.8. The lowest BCUT2D eigenvalue weighted by molar-refractivity contribution is 1.05. The van der Waals surface area contributed by atoms with Gasteiger partial charge >= 0.3 is 0 Å². The molecule has 0 aliphatic rings. The van der Waals surface area contributed by atoms with Gasteiger partial charge in [-0.05, 0) is 24.6 Å². The number of aromatic nitrogens is 3. The maximum atomic E-state index is 4.47. The zero-order chi connectivity index (χ0) is 15.2.